The van der Waals surface area contributed by atoms with Crippen LogP contribution in [0.1, 0.15) is 47.4 Å². The van der Waals surface area contributed by atoms with E-state index in [0.29, 0.717) is 38.2 Å². The van der Waals surface area contributed by atoms with Crippen molar-refractivity contribution in [2.75, 3.05) is 17.7 Å². The molecule has 3 aromatic rings. The number of hydrogen-bond donors (Lipinski definition) is 1. The maximum atomic E-state index is 12.6. The van der Waals surface area contributed by atoms with Crippen LogP contribution < -0.4 is 10.1 Å². The zero-order chi connectivity index (χ0) is 23.4. The molecular formula is C22H23ClN4O4S2. The Labute approximate surface area is 204 Å². The van der Waals surface area contributed by atoms with E-state index in [1.165, 1.54) is 23.1 Å². The number of rotatable bonds is 10. The van der Waals surface area contributed by atoms with Gasteiger partial charge in [-0.25, -0.2) is 4.79 Å². The summed E-state index contributed by atoms with van der Waals surface area (Å²) in [6.07, 6.45) is 2.12. The second kappa shape index (κ2) is 10.6. The van der Waals surface area contributed by atoms with Gasteiger partial charge in [0.2, 0.25) is 5.91 Å². The largest absolute Gasteiger partial charge is 0.486 e. The number of benzene rings is 1. The summed E-state index contributed by atoms with van der Waals surface area (Å²) in [5.41, 5.74) is 1.46. The average molecular weight is 507 g/mol. The molecule has 2 heterocycles. The van der Waals surface area contributed by atoms with Crippen LogP contribution in [0.5, 0.6) is 5.75 Å². The van der Waals surface area contributed by atoms with Crippen molar-refractivity contribution in [2.24, 2.45) is 7.05 Å². The number of thiophene rings is 1. The van der Waals surface area contributed by atoms with Crippen LogP contribution in [-0.2, 0) is 23.2 Å². The summed E-state index contributed by atoms with van der Waals surface area (Å²) in [6, 6.07) is 7.06. The average Bonchev–Trinajstić information content (AvgIpc) is 3.47. The molecule has 1 aromatic carbocycles. The number of carbonyl (C=O) groups is 2. The number of carbonyl (C=O) groups excluding carboxylic acids is 2. The Bertz CT molecular complexity index is 1140. The third kappa shape index (κ3) is 5.87. The lowest BCUT2D eigenvalue weighted by molar-refractivity contribution is -0.113. The smallest absolute Gasteiger partial charge is 0.341 e. The summed E-state index contributed by atoms with van der Waals surface area (Å²) in [5.74, 6) is 1.20. The molecular weight excluding hydrogens is 484 g/mol. The van der Waals surface area contributed by atoms with Gasteiger partial charge in [-0.2, -0.15) is 0 Å². The van der Waals surface area contributed by atoms with Crippen LogP contribution >= 0.6 is 34.7 Å². The molecule has 174 valence electrons. The lowest BCUT2D eigenvalue weighted by Gasteiger charge is -2.08. The molecule has 0 atom stereocenters. The van der Waals surface area contributed by atoms with Crippen molar-refractivity contribution >= 4 is 51.6 Å². The highest BCUT2D eigenvalue weighted by atomic mass is 35.5. The standard InChI is InChI=1S/C22H23ClN4O4S2/c1-3-30-21(29)19-16(13-4-5-13)11-32-20(19)24-18(28)12-33-22-26-25-17(27(22)2)10-31-15-8-6-14(23)7-9-15/h6-9,11,13H,3-5,10,12H2,1-2H3,(H,24,28). The highest BCUT2D eigenvalue weighted by Crippen LogP contribution is 2.46. The van der Waals surface area contributed by atoms with Gasteiger partial charge in [-0.05, 0) is 60.9 Å². The summed E-state index contributed by atoms with van der Waals surface area (Å²) in [4.78, 5) is 25.1. The molecule has 8 nitrogen and oxygen atoms in total. The number of halogens is 1. The second-order valence-electron chi connectivity index (χ2n) is 7.43. The van der Waals surface area contributed by atoms with Gasteiger partial charge in [0.1, 0.15) is 17.4 Å². The van der Waals surface area contributed by atoms with Crippen LogP contribution in [-0.4, -0.2) is 39.0 Å². The fourth-order valence-electron chi connectivity index (χ4n) is 3.14. The van der Waals surface area contributed by atoms with E-state index in [9.17, 15) is 9.59 Å². The lowest BCUT2D eigenvalue weighted by atomic mass is 10.1. The Morgan fingerprint density at radius 3 is 2.73 bits per heavy atom. The van der Waals surface area contributed by atoms with E-state index in [1.807, 2.05) is 12.4 Å². The molecule has 2 aromatic heterocycles. The van der Waals surface area contributed by atoms with Gasteiger partial charge in [-0.1, -0.05) is 23.4 Å². The van der Waals surface area contributed by atoms with E-state index >= 15 is 0 Å². The summed E-state index contributed by atoms with van der Waals surface area (Å²) in [6.45, 7) is 2.30. The predicted molar refractivity (Wildman–Crippen MR) is 128 cm³/mol. The predicted octanol–water partition coefficient (Wildman–Crippen LogP) is 4.89. The number of amides is 1. The van der Waals surface area contributed by atoms with E-state index in [-0.39, 0.29) is 30.8 Å². The summed E-state index contributed by atoms with van der Waals surface area (Å²) < 4.78 is 12.7. The number of thioether (sulfide) groups is 1. The van der Waals surface area contributed by atoms with Crippen molar-refractivity contribution in [3.63, 3.8) is 0 Å². The first kappa shape index (κ1) is 23.6. The van der Waals surface area contributed by atoms with Gasteiger partial charge in [0.15, 0.2) is 11.0 Å². The Balaban J connectivity index is 1.34. The molecule has 33 heavy (non-hydrogen) atoms. The topological polar surface area (TPSA) is 95.3 Å². The van der Waals surface area contributed by atoms with E-state index in [0.717, 1.165) is 18.4 Å². The number of anilines is 1. The van der Waals surface area contributed by atoms with Crippen molar-refractivity contribution in [3.8, 4) is 5.75 Å². The third-order valence-corrected chi connectivity index (χ3v) is 7.19. The van der Waals surface area contributed by atoms with Gasteiger partial charge < -0.3 is 19.4 Å². The molecule has 4 rings (SSSR count). The highest BCUT2D eigenvalue weighted by Gasteiger charge is 2.32. The first-order valence-corrected chi connectivity index (χ1v) is 12.7. The molecule has 1 aliphatic carbocycles. The number of aromatic nitrogens is 3. The van der Waals surface area contributed by atoms with E-state index in [2.05, 4.69) is 15.5 Å². The fraction of sp³-hybridized carbons (Fsp3) is 0.364. The summed E-state index contributed by atoms with van der Waals surface area (Å²) >= 11 is 8.51. The highest BCUT2D eigenvalue weighted by molar-refractivity contribution is 7.99. The molecule has 0 spiro atoms. The third-order valence-electron chi connectivity index (χ3n) is 5.01. The molecule has 0 saturated heterocycles. The number of esters is 1. The molecule has 1 fully saturated rings. The zero-order valence-electron chi connectivity index (χ0n) is 18.2. The van der Waals surface area contributed by atoms with Crippen LogP contribution in [0.15, 0.2) is 34.8 Å². The van der Waals surface area contributed by atoms with Crippen molar-refractivity contribution in [2.45, 2.75) is 37.4 Å². The minimum Gasteiger partial charge on any atom is -0.486 e. The molecule has 1 aliphatic rings. The fourth-order valence-corrected chi connectivity index (χ4v) is 5.04. The first-order valence-electron chi connectivity index (χ1n) is 10.4. The van der Waals surface area contributed by atoms with E-state index < -0.39 is 0 Å². The molecule has 0 unspecified atom stereocenters. The Morgan fingerprint density at radius 2 is 2.03 bits per heavy atom. The van der Waals surface area contributed by atoms with E-state index in [4.69, 9.17) is 21.1 Å². The quantitative estimate of drug-likeness (QED) is 0.309. The van der Waals surface area contributed by atoms with Gasteiger partial charge in [0, 0.05) is 12.1 Å². The molecule has 0 bridgehead atoms. The van der Waals surface area contributed by atoms with Gasteiger partial charge in [0.25, 0.3) is 0 Å². The van der Waals surface area contributed by atoms with Crippen LogP contribution in [0.4, 0.5) is 5.00 Å². The van der Waals surface area contributed by atoms with Crippen molar-refractivity contribution in [1.29, 1.82) is 0 Å². The summed E-state index contributed by atoms with van der Waals surface area (Å²) in [5, 5.41) is 14.9. The van der Waals surface area contributed by atoms with Crippen LogP contribution in [0.3, 0.4) is 0 Å². The van der Waals surface area contributed by atoms with E-state index in [1.54, 1.807) is 35.8 Å². The molecule has 0 radical (unpaired) electrons. The molecule has 11 heteroatoms. The van der Waals surface area contributed by atoms with Gasteiger partial charge in [0.05, 0.1) is 17.9 Å². The second-order valence-corrected chi connectivity index (χ2v) is 9.69. The monoisotopic (exact) mass is 506 g/mol. The van der Waals surface area contributed by atoms with Crippen LogP contribution in [0, 0.1) is 0 Å². The summed E-state index contributed by atoms with van der Waals surface area (Å²) in [7, 11) is 1.82. The number of ether oxygens (including phenoxy) is 2. The molecule has 1 amide bonds. The van der Waals surface area contributed by atoms with Gasteiger partial charge in [-0.3, -0.25) is 4.79 Å². The molecule has 0 aliphatic heterocycles. The minimum absolute atomic E-state index is 0.128. The molecule has 1 N–H and O–H groups in total. The maximum Gasteiger partial charge on any atom is 0.341 e. The van der Waals surface area contributed by atoms with Gasteiger partial charge in [-0.15, -0.1) is 21.5 Å². The lowest BCUT2D eigenvalue weighted by Crippen LogP contribution is -2.17. The normalized spacial score (nSPS) is 13.1. The maximum absolute atomic E-state index is 12.6. The van der Waals surface area contributed by atoms with Crippen molar-refractivity contribution < 1.29 is 19.1 Å². The Kier molecular flexibility index (Phi) is 7.56. The number of hydrogen-bond acceptors (Lipinski definition) is 8. The number of nitrogens with one attached hydrogen (secondary N) is 1. The molecule has 1 saturated carbocycles. The minimum atomic E-state index is -0.387. The van der Waals surface area contributed by atoms with Crippen LogP contribution in [0.2, 0.25) is 5.02 Å². The number of nitrogens with zero attached hydrogens (tertiary/aromatic N) is 3. The first-order chi connectivity index (χ1) is 16.0. The SMILES string of the molecule is CCOC(=O)c1c(C2CC2)csc1NC(=O)CSc1nnc(COc2ccc(Cl)cc2)n1C. The van der Waals surface area contributed by atoms with Gasteiger partial charge >= 0.3 is 5.97 Å². The van der Waals surface area contributed by atoms with Crippen molar-refractivity contribution in [1.82, 2.24) is 14.8 Å². The van der Waals surface area contributed by atoms with Crippen LogP contribution in [0.25, 0.3) is 0 Å². The Morgan fingerprint density at radius 1 is 1.27 bits per heavy atom. The van der Waals surface area contributed by atoms with Crippen molar-refractivity contribution in [3.05, 3.63) is 51.6 Å². The Hall–Kier alpha value is -2.56. The zero-order valence-corrected chi connectivity index (χ0v) is 20.6.